The van der Waals surface area contributed by atoms with Crippen molar-refractivity contribution < 1.29 is 0 Å². The number of nitrogens with zero attached hydrogens (tertiary/aromatic N) is 2. The van der Waals surface area contributed by atoms with Crippen LogP contribution in [0.5, 0.6) is 0 Å². The molecule has 3 heteroatoms. The monoisotopic (exact) mass is 110 g/mol. The van der Waals surface area contributed by atoms with E-state index in [1.165, 1.54) is 0 Å². The Hall–Kier alpha value is -0.860. The highest BCUT2D eigenvalue weighted by Gasteiger charge is 1.99. The van der Waals surface area contributed by atoms with E-state index in [1.54, 1.807) is 6.33 Å². The van der Waals surface area contributed by atoms with Crippen LogP contribution >= 0.6 is 0 Å². The number of nitrogens with one attached hydrogen (secondary N) is 1. The predicted octanol–water partition coefficient (Wildman–Crippen LogP) is 0.767. The van der Waals surface area contributed by atoms with E-state index in [0.29, 0.717) is 0 Å². The summed E-state index contributed by atoms with van der Waals surface area (Å²) in [5, 5.41) is 7.39. The molecule has 1 rings (SSSR count). The molecule has 1 heterocycles. The van der Waals surface area contributed by atoms with Gasteiger partial charge in [-0.25, -0.2) is 0 Å². The van der Waals surface area contributed by atoms with E-state index in [9.17, 15) is 0 Å². The summed E-state index contributed by atoms with van der Waals surface area (Å²) in [5.74, 6) is 2.02. The molecule has 0 saturated carbocycles. The van der Waals surface area contributed by atoms with Crippen LogP contribution < -0.4 is 0 Å². The standard InChI is InChI=1S/C5H8N3/c1-4(2)5-6-3-7-8-5/h3H,1-2H3,(H,6,7,8). The molecule has 43 valence electrons. The molecule has 0 bridgehead atoms. The Kier molecular flexibility index (Phi) is 1.28. The molecule has 1 radical (unpaired) electrons. The summed E-state index contributed by atoms with van der Waals surface area (Å²) in [6, 6.07) is 0. The summed E-state index contributed by atoms with van der Waals surface area (Å²) in [7, 11) is 0. The lowest BCUT2D eigenvalue weighted by atomic mass is 10.2. The van der Waals surface area contributed by atoms with E-state index >= 15 is 0 Å². The maximum atomic E-state index is 3.77. The lowest BCUT2D eigenvalue weighted by molar-refractivity contribution is 0.969. The second kappa shape index (κ2) is 1.94. The number of hydrogen-bond acceptors (Lipinski definition) is 2. The first-order chi connectivity index (χ1) is 3.80. The van der Waals surface area contributed by atoms with Crippen molar-refractivity contribution in [2.45, 2.75) is 13.8 Å². The van der Waals surface area contributed by atoms with Gasteiger partial charge in [-0.15, -0.1) is 10.2 Å². The second-order valence-electron chi connectivity index (χ2n) is 1.84. The molecule has 0 unspecified atom stereocenters. The Labute approximate surface area is 48.1 Å². The highest BCUT2D eigenvalue weighted by molar-refractivity contribution is 5.05. The highest BCUT2D eigenvalue weighted by Crippen LogP contribution is 2.02. The van der Waals surface area contributed by atoms with Crippen molar-refractivity contribution in [3.8, 4) is 0 Å². The lowest BCUT2D eigenvalue weighted by Gasteiger charge is -1.92. The first-order valence-electron chi connectivity index (χ1n) is 2.47. The van der Waals surface area contributed by atoms with Crippen molar-refractivity contribution in [1.29, 1.82) is 0 Å². The van der Waals surface area contributed by atoms with Crippen molar-refractivity contribution in [1.82, 2.24) is 15.2 Å². The van der Waals surface area contributed by atoms with Crippen LogP contribution in [0.15, 0.2) is 6.33 Å². The van der Waals surface area contributed by atoms with Crippen molar-refractivity contribution in [3.63, 3.8) is 0 Å². The zero-order valence-corrected chi connectivity index (χ0v) is 4.97. The largest absolute Gasteiger partial charge is 0.331 e. The molecule has 1 N–H and O–H groups in total. The molecule has 0 atom stereocenters. The molecule has 0 aliphatic heterocycles. The van der Waals surface area contributed by atoms with Gasteiger partial charge in [0.1, 0.15) is 12.2 Å². The molecule has 0 saturated heterocycles. The Bertz CT molecular complexity index is 143. The van der Waals surface area contributed by atoms with Gasteiger partial charge in [-0.1, -0.05) is 13.8 Å². The zero-order chi connectivity index (χ0) is 5.98. The summed E-state index contributed by atoms with van der Waals surface area (Å²) in [6.07, 6.45) is 1.57. The van der Waals surface area contributed by atoms with E-state index in [0.717, 1.165) is 11.7 Å². The average molecular weight is 110 g/mol. The van der Waals surface area contributed by atoms with E-state index in [4.69, 9.17) is 0 Å². The topological polar surface area (TPSA) is 41.6 Å². The minimum atomic E-state index is 0.866. The van der Waals surface area contributed by atoms with E-state index < -0.39 is 0 Å². The van der Waals surface area contributed by atoms with E-state index in [-0.39, 0.29) is 0 Å². The normalized spacial score (nSPS) is 10.4. The summed E-state index contributed by atoms with van der Waals surface area (Å²) >= 11 is 0. The minimum Gasteiger partial charge on any atom is -0.331 e. The Morgan fingerprint density at radius 1 is 1.62 bits per heavy atom. The predicted molar refractivity (Wildman–Crippen MR) is 30.1 cm³/mol. The van der Waals surface area contributed by atoms with Crippen molar-refractivity contribution in [3.05, 3.63) is 18.1 Å². The first-order valence-corrected chi connectivity index (χ1v) is 2.47. The molecular formula is C5H8N3. The van der Waals surface area contributed by atoms with Crippen LogP contribution in [0.4, 0.5) is 0 Å². The third-order valence-corrected chi connectivity index (χ3v) is 0.890. The maximum Gasteiger partial charge on any atom is 0.136 e. The molecule has 0 aromatic carbocycles. The number of H-pyrrole nitrogens is 1. The molecule has 0 spiro atoms. The van der Waals surface area contributed by atoms with Crippen LogP contribution in [0.25, 0.3) is 0 Å². The molecule has 1 aromatic heterocycles. The van der Waals surface area contributed by atoms with Gasteiger partial charge in [0.05, 0.1) is 0 Å². The molecule has 0 amide bonds. The SMILES string of the molecule is C[C](C)c1nnc[nH]1. The van der Waals surface area contributed by atoms with Crippen molar-refractivity contribution in [2.24, 2.45) is 0 Å². The van der Waals surface area contributed by atoms with Crippen molar-refractivity contribution in [2.75, 3.05) is 0 Å². The molecule has 0 fully saturated rings. The molecule has 3 nitrogen and oxygen atoms in total. The Balaban J connectivity index is 2.77. The Morgan fingerprint density at radius 2 is 2.38 bits per heavy atom. The number of rotatable bonds is 1. The van der Waals surface area contributed by atoms with Gasteiger partial charge in [-0.05, 0) is 0 Å². The van der Waals surface area contributed by atoms with E-state index in [2.05, 4.69) is 15.2 Å². The van der Waals surface area contributed by atoms with Gasteiger partial charge in [-0.3, -0.25) is 0 Å². The van der Waals surface area contributed by atoms with Crippen molar-refractivity contribution >= 4 is 0 Å². The molecule has 1 aromatic rings. The molecule has 8 heavy (non-hydrogen) atoms. The number of aromatic amines is 1. The van der Waals surface area contributed by atoms with Gasteiger partial charge in [0.15, 0.2) is 0 Å². The van der Waals surface area contributed by atoms with Crippen LogP contribution in [0.3, 0.4) is 0 Å². The third kappa shape index (κ3) is 0.857. The Morgan fingerprint density at radius 3 is 2.62 bits per heavy atom. The van der Waals surface area contributed by atoms with Gasteiger partial charge in [-0.2, -0.15) is 0 Å². The average Bonchev–Trinajstić information content (AvgIpc) is 2.12. The second-order valence-corrected chi connectivity index (χ2v) is 1.84. The fraction of sp³-hybridized carbons (Fsp3) is 0.400. The van der Waals surface area contributed by atoms with Gasteiger partial charge >= 0.3 is 0 Å². The fourth-order valence-electron chi connectivity index (χ4n) is 0.450. The smallest absolute Gasteiger partial charge is 0.136 e. The summed E-state index contributed by atoms with van der Waals surface area (Å²) < 4.78 is 0. The minimum absolute atomic E-state index is 0.866. The maximum absolute atomic E-state index is 3.77. The molecule has 0 aliphatic rings. The fourth-order valence-corrected chi connectivity index (χ4v) is 0.450. The van der Waals surface area contributed by atoms with Crippen LogP contribution in [0.1, 0.15) is 19.7 Å². The van der Waals surface area contributed by atoms with Gasteiger partial charge < -0.3 is 4.98 Å². The number of aromatic nitrogens is 3. The van der Waals surface area contributed by atoms with Crippen LogP contribution in [0, 0.1) is 5.92 Å². The van der Waals surface area contributed by atoms with Gasteiger partial charge in [0.2, 0.25) is 0 Å². The van der Waals surface area contributed by atoms with E-state index in [1.807, 2.05) is 13.8 Å². The van der Waals surface area contributed by atoms with Gasteiger partial charge in [0, 0.05) is 5.92 Å². The lowest BCUT2D eigenvalue weighted by Crippen LogP contribution is -1.89. The summed E-state index contributed by atoms with van der Waals surface area (Å²) in [4.78, 5) is 2.88. The molecule has 0 aliphatic carbocycles. The van der Waals surface area contributed by atoms with Crippen LogP contribution in [-0.4, -0.2) is 15.2 Å². The first kappa shape index (κ1) is 5.28. The van der Waals surface area contributed by atoms with Gasteiger partial charge in [0.25, 0.3) is 0 Å². The number of hydrogen-bond donors (Lipinski definition) is 1. The quantitative estimate of drug-likeness (QED) is 0.580. The third-order valence-electron chi connectivity index (χ3n) is 0.890. The molecular weight excluding hydrogens is 102 g/mol. The van der Waals surface area contributed by atoms with Crippen LogP contribution in [-0.2, 0) is 0 Å². The van der Waals surface area contributed by atoms with Crippen LogP contribution in [0.2, 0.25) is 0 Å². The zero-order valence-electron chi connectivity index (χ0n) is 4.97. The summed E-state index contributed by atoms with van der Waals surface area (Å²) in [6.45, 7) is 3.97. The summed E-state index contributed by atoms with van der Waals surface area (Å²) in [5.41, 5.74) is 0. The highest BCUT2D eigenvalue weighted by atomic mass is 15.2.